The molecule has 0 bridgehead atoms. The number of ether oxygens (including phenoxy) is 1. The molecule has 1 saturated heterocycles. The van der Waals surface area contributed by atoms with Gasteiger partial charge in [-0.2, -0.15) is 0 Å². The standard InChI is InChI=1S/C15H30N2O.ClH/c1-15(12-16)8-9-17(13-15)10-11-18-14-6-4-2-3-5-7-14;/h14H,2-13,16H2,1H3;1H. The van der Waals surface area contributed by atoms with Gasteiger partial charge in [0.05, 0.1) is 12.7 Å². The highest BCUT2D eigenvalue weighted by atomic mass is 35.5. The molecule has 2 fully saturated rings. The molecule has 1 atom stereocenters. The first kappa shape index (κ1) is 17.2. The van der Waals surface area contributed by atoms with Gasteiger partial charge in [0.2, 0.25) is 0 Å². The Hall–Kier alpha value is 0.170. The van der Waals surface area contributed by atoms with Crippen LogP contribution in [0.5, 0.6) is 0 Å². The number of likely N-dealkylation sites (tertiary alicyclic amines) is 1. The lowest BCUT2D eigenvalue weighted by atomic mass is 9.90. The van der Waals surface area contributed by atoms with E-state index in [0.29, 0.717) is 11.5 Å². The van der Waals surface area contributed by atoms with E-state index in [2.05, 4.69) is 11.8 Å². The van der Waals surface area contributed by atoms with Crippen molar-refractivity contribution in [3.63, 3.8) is 0 Å². The Balaban J connectivity index is 0.00000180. The number of halogens is 1. The van der Waals surface area contributed by atoms with E-state index in [0.717, 1.165) is 26.2 Å². The number of hydrogen-bond acceptors (Lipinski definition) is 3. The van der Waals surface area contributed by atoms with Crippen molar-refractivity contribution in [3.8, 4) is 0 Å². The van der Waals surface area contributed by atoms with E-state index in [-0.39, 0.29) is 12.4 Å². The maximum atomic E-state index is 6.05. The molecule has 2 aliphatic rings. The van der Waals surface area contributed by atoms with Crippen molar-refractivity contribution in [2.75, 3.05) is 32.8 Å². The molecule has 0 radical (unpaired) electrons. The number of nitrogens with two attached hydrogens (primary N) is 1. The third-order valence-corrected chi connectivity index (χ3v) is 4.69. The molecule has 3 nitrogen and oxygen atoms in total. The van der Waals surface area contributed by atoms with Gasteiger partial charge >= 0.3 is 0 Å². The SMILES string of the molecule is CC1(CN)CCN(CCOC2CCCCCC2)C1.Cl. The summed E-state index contributed by atoms with van der Waals surface area (Å²) in [6.07, 6.45) is 9.87. The van der Waals surface area contributed by atoms with Gasteiger partial charge in [-0.15, -0.1) is 12.4 Å². The van der Waals surface area contributed by atoms with Gasteiger partial charge in [0.15, 0.2) is 0 Å². The second-order valence-corrected chi connectivity index (χ2v) is 6.53. The third-order valence-electron chi connectivity index (χ3n) is 4.69. The van der Waals surface area contributed by atoms with E-state index in [9.17, 15) is 0 Å². The van der Waals surface area contributed by atoms with Crippen molar-refractivity contribution in [3.05, 3.63) is 0 Å². The van der Waals surface area contributed by atoms with Crippen molar-refractivity contribution in [1.29, 1.82) is 0 Å². The second-order valence-electron chi connectivity index (χ2n) is 6.53. The molecule has 1 unspecified atom stereocenters. The quantitative estimate of drug-likeness (QED) is 0.791. The molecule has 1 aliphatic heterocycles. The van der Waals surface area contributed by atoms with Gasteiger partial charge in [-0.1, -0.05) is 32.6 Å². The van der Waals surface area contributed by atoms with Crippen LogP contribution in [0.1, 0.15) is 51.9 Å². The summed E-state index contributed by atoms with van der Waals surface area (Å²) in [5, 5.41) is 0. The smallest absolute Gasteiger partial charge is 0.0597 e. The first-order chi connectivity index (χ1) is 8.72. The maximum Gasteiger partial charge on any atom is 0.0597 e. The lowest BCUT2D eigenvalue weighted by Crippen LogP contribution is -2.33. The summed E-state index contributed by atoms with van der Waals surface area (Å²) in [5.41, 5.74) is 6.18. The zero-order valence-electron chi connectivity index (χ0n) is 12.4. The van der Waals surface area contributed by atoms with Crippen molar-refractivity contribution in [1.82, 2.24) is 4.90 Å². The zero-order valence-corrected chi connectivity index (χ0v) is 13.2. The lowest BCUT2D eigenvalue weighted by Gasteiger charge is -2.23. The molecule has 4 heteroatoms. The first-order valence-electron chi connectivity index (χ1n) is 7.76. The number of nitrogens with zero attached hydrogens (tertiary/aromatic N) is 1. The molecule has 19 heavy (non-hydrogen) atoms. The predicted molar refractivity (Wildman–Crippen MR) is 82.9 cm³/mol. The number of rotatable bonds is 5. The van der Waals surface area contributed by atoms with Crippen LogP contribution in [0.4, 0.5) is 0 Å². The van der Waals surface area contributed by atoms with Crippen molar-refractivity contribution in [2.45, 2.75) is 58.0 Å². The van der Waals surface area contributed by atoms with Crippen LogP contribution in [0, 0.1) is 5.41 Å². The second kappa shape index (κ2) is 8.46. The molecule has 1 saturated carbocycles. The first-order valence-corrected chi connectivity index (χ1v) is 7.76. The number of hydrogen-bond donors (Lipinski definition) is 1. The minimum atomic E-state index is 0. The minimum absolute atomic E-state index is 0. The van der Waals surface area contributed by atoms with Gasteiger partial charge in [-0.3, -0.25) is 0 Å². The van der Waals surface area contributed by atoms with Gasteiger partial charge in [0, 0.05) is 13.1 Å². The monoisotopic (exact) mass is 290 g/mol. The largest absolute Gasteiger partial charge is 0.377 e. The molecule has 0 aromatic heterocycles. The average molecular weight is 291 g/mol. The Morgan fingerprint density at radius 2 is 1.89 bits per heavy atom. The lowest BCUT2D eigenvalue weighted by molar-refractivity contribution is 0.0308. The molecular weight excluding hydrogens is 260 g/mol. The highest BCUT2D eigenvalue weighted by Gasteiger charge is 2.32. The van der Waals surface area contributed by atoms with Crippen LogP contribution in [0.25, 0.3) is 0 Å². The van der Waals surface area contributed by atoms with Crippen molar-refractivity contribution >= 4 is 12.4 Å². The van der Waals surface area contributed by atoms with Crippen LogP contribution in [0.15, 0.2) is 0 Å². The molecule has 0 amide bonds. The predicted octanol–water partition coefficient (Wildman–Crippen LogP) is 2.82. The van der Waals surface area contributed by atoms with Crippen LogP contribution >= 0.6 is 12.4 Å². The molecule has 1 heterocycles. The molecule has 0 aromatic rings. The Kier molecular flexibility index (Phi) is 7.66. The van der Waals surface area contributed by atoms with E-state index in [1.807, 2.05) is 0 Å². The topological polar surface area (TPSA) is 38.5 Å². The Morgan fingerprint density at radius 1 is 1.21 bits per heavy atom. The van der Waals surface area contributed by atoms with Gasteiger partial charge in [0.1, 0.15) is 0 Å². The molecule has 0 spiro atoms. The van der Waals surface area contributed by atoms with Crippen LogP contribution in [-0.4, -0.2) is 43.8 Å². The van der Waals surface area contributed by atoms with Gasteiger partial charge in [0.25, 0.3) is 0 Å². The van der Waals surface area contributed by atoms with Crippen LogP contribution < -0.4 is 5.73 Å². The fourth-order valence-electron chi connectivity index (χ4n) is 3.24. The van der Waals surface area contributed by atoms with E-state index < -0.39 is 0 Å². The van der Waals surface area contributed by atoms with Crippen LogP contribution in [0.3, 0.4) is 0 Å². The van der Waals surface area contributed by atoms with E-state index >= 15 is 0 Å². The minimum Gasteiger partial charge on any atom is -0.377 e. The summed E-state index contributed by atoms with van der Waals surface area (Å²) < 4.78 is 6.05. The molecule has 2 N–H and O–H groups in total. The fraction of sp³-hybridized carbons (Fsp3) is 1.00. The summed E-state index contributed by atoms with van der Waals surface area (Å²) >= 11 is 0. The van der Waals surface area contributed by atoms with Gasteiger partial charge in [-0.05, 0) is 37.8 Å². The van der Waals surface area contributed by atoms with Crippen molar-refractivity contribution < 1.29 is 4.74 Å². The summed E-state index contributed by atoms with van der Waals surface area (Å²) in [6.45, 7) is 7.46. The summed E-state index contributed by atoms with van der Waals surface area (Å²) in [4.78, 5) is 2.52. The highest BCUT2D eigenvalue weighted by molar-refractivity contribution is 5.85. The van der Waals surface area contributed by atoms with Gasteiger partial charge in [-0.25, -0.2) is 0 Å². The van der Waals surface area contributed by atoms with E-state index in [1.54, 1.807) is 0 Å². The fourth-order valence-corrected chi connectivity index (χ4v) is 3.24. The summed E-state index contributed by atoms with van der Waals surface area (Å²) in [7, 11) is 0. The molecule has 114 valence electrons. The van der Waals surface area contributed by atoms with Crippen molar-refractivity contribution in [2.24, 2.45) is 11.1 Å². The Morgan fingerprint density at radius 3 is 2.47 bits per heavy atom. The molecule has 1 aliphatic carbocycles. The van der Waals surface area contributed by atoms with Crippen LogP contribution in [-0.2, 0) is 4.74 Å². The Bertz CT molecular complexity index is 244. The van der Waals surface area contributed by atoms with E-state index in [4.69, 9.17) is 10.5 Å². The maximum absolute atomic E-state index is 6.05. The average Bonchev–Trinajstić information content (AvgIpc) is 2.60. The summed E-state index contributed by atoms with van der Waals surface area (Å²) in [6, 6.07) is 0. The summed E-state index contributed by atoms with van der Waals surface area (Å²) in [5.74, 6) is 0. The Labute approximate surface area is 124 Å². The van der Waals surface area contributed by atoms with E-state index in [1.165, 1.54) is 51.5 Å². The normalized spacial score (nSPS) is 30.0. The molecular formula is C15H31ClN2O. The zero-order chi connectivity index (χ0) is 12.8. The van der Waals surface area contributed by atoms with Crippen LogP contribution in [0.2, 0.25) is 0 Å². The van der Waals surface area contributed by atoms with Gasteiger partial charge < -0.3 is 15.4 Å². The molecule has 0 aromatic carbocycles. The third kappa shape index (κ3) is 5.58. The highest BCUT2D eigenvalue weighted by Crippen LogP contribution is 2.28. The molecule has 2 rings (SSSR count).